The van der Waals surface area contributed by atoms with Gasteiger partial charge in [-0.2, -0.15) is 12.6 Å². The molecule has 11 nitrogen and oxygen atoms in total. The summed E-state index contributed by atoms with van der Waals surface area (Å²) in [5, 5.41) is 26.4. The van der Waals surface area contributed by atoms with Crippen LogP contribution in [0, 0.1) is 5.92 Å². The van der Waals surface area contributed by atoms with Crippen LogP contribution in [-0.4, -0.2) is 76.5 Å². The van der Waals surface area contributed by atoms with Crippen molar-refractivity contribution >= 4 is 36.3 Å². The molecule has 0 aromatic carbocycles. The van der Waals surface area contributed by atoms with Gasteiger partial charge in [-0.3, -0.25) is 14.4 Å². The van der Waals surface area contributed by atoms with E-state index >= 15 is 0 Å². The van der Waals surface area contributed by atoms with Crippen LogP contribution in [-0.2, 0) is 19.2 Å². The Kier molecular flexibility index (Phi) is 13.3. The van der Waals surface area contributed by atoms with Gasteiger partial charge in [0.2, 0.25) is 17.7 Å². The molecule has 0 aromatic heterocycles. The summed E-state index contributed by atoms with van der Waals surface area (Å²) < 4.78 is 0. The van der Waals surface area contributed by atoms with Crippen molar-refractivity contribution in [1.82, 2.24) is 16.0 Å². The van der Waals surface area contributed by atoms with Gasteiger partial charge < -0.3 is 37.6 Å². The second-order valence-electron chi connectivity index (χ2n) is 7.43. The highest BCUT2D eigenvalue weighted by Crippen LogP contribution is 2.07. The van der Waals surface area contributed by atoms with Crippen molar-refractivity contribution in [3.05, 3.63) is 0 Å². The van der Waals surface area contributed by atoms with E-state index in [4.69, 9.17) is 11.5 Å². The van der Waals surface area contributed by atoms with Gasteiger partial charge in [-0.15, -0.1) is 0 Å². The van der Waals surface area contributed by atoms with Crippen LogP contribution in [0.2, 0.25) is 0 Å². The highest BCUT2D eigenvalue weighted by atomic mass is 32.1. The normalized spacial score (nSPS) is 16.1. The monoisotopic (exact) mass is 449 g/mol. The molecule has 5 atom stereocenters. The predicted molar refractivity (Wildman–Crippen MR) is 115 cm³/mol. The molecule has 0 saturated heterocycles. The lowest BCUT2D eigenvalue weighted by molar-refractivity contribution is -0.143. The summed E-state index contributed by atoms with van der Waals surface area (Å²) in [6, 6.07) is -4.53. The van der Waals surface area contributed by atoms with Crippen LogP contribution in [0.3, 0.4) is 0 Å². The third kappa shape index (κ3) is 9.74. The number of amides is 3. The van der Waals surface area contributed by atoms with Crippen molar-refractivity contribution in [2.24, 2.45) is 17.4 Å². The van der Waals surface area contributed by atoms with Crippen molar-refractivity contribution in [2.75, 3.05) is 12.3 Å². The van der Waals surface area contributed by atoms with E-state index in [1.807, 2.05) is 0 Å². The van der Waals surface area contributed by atoms with Gasteiger partial charge in [0.05, 0.1) is 12.1 Å². The average Bonchev–Trinajstić information content (AvgIpc) is 2.67. The van der Waals surface area contributed by atoms with Gasteiger partial charge in [-0.1, -0.05) is 13.8 Å². The van der Waals surface area contributed by atoms with Crippen LogP contribution < -0.4 is 27.4 Å². The summed E-state index contributed by atoms with van der Waals surface area (Å²) in [7, 11) is 0. The first-order valence-electron chi connectivity index (χ1n) is 9.84. The van der Waals surface area contributed by atoms with Crippen LogP contribution >= 0.6 is 12.6 Å². The predicted octanol–water partition coefficient (Wildman–Crippen LogP) is -2.05. The quantitative estimate of drug-likeness (QED) is 0.109. The fourth-order valence-electron chi connectivity index (χ4n) is 2.54. The number of nitrogens with two attached hydrogens (primary N) is 2. The number of carboxylic acid groups (broad SMARTS) is 1. The fourth-order valence-corrected chi connectivity index (χ4v) is 2.70. The number of carbonyl (C=O) groups excluding carboxylic acids is 3. The highest BCUT2D eigenvalue weighted by molar-refractivity contribution is 7.80. The second-order valence-corrected chi connectivity index (χ2v) is 7.80. The van der Waals surface area contributed by atoms with E-state index in [9.17, 15) is 29.4 Å². The van der Waals surface area contributed by atoms with E-state index in [0.29, 0.717) is 19.4 Å². The average molecular weight is 450 g/mol. The minimum atomic E-state index is -1.35. The van der Waals surface area contributed by atoms with Crippen molar-refractivity contribution in [3.8, 4) is 0 Å². The molecule has 0 aliphatic carbocycles. The van der Waals surface area contributed by atoms with Crippen molar-refractivity contribution in [2.45, 2.75) is 70.3 Å². The number of hydrogen-bond donors (Lipinski definition) is 8. The molecular weight excluding hydrogens is 414 g/mol. The lowest BCUT2D eigenvalue weighted by atomic mass is 10.0. The number of unbranched alkanes of at least 4 members (excludes halogenated alkanes) is 1. The summed E-state index contributed by atoms with van der Waals surface area (Å²) in [5.41, 5.74) is 11.0. The van der Waals surface area contributed by atoms with E-state index in [0.717, 1.165) is 0 Å². The van der Waals surface area contributed by atoms with E-state index in [1.54, 1.807) is 13.8 Å². The lowest BCUT2D eigenvalue weighted by Crippen LogP contribution is -2.60. The number of thiol groups is 1. The minimum absolute atomic E-state index is 0.0376. The zero-order valence-electron chi connectivity index (χ0n) is 17.6. The molecule has 174 valence electrons. The largest absolute Gasteiger partial charge is 0.480 e. The van der Waals surface area contributed by atoms with Gasteiger partial charge in [0.15, 0.2) is 0 Å². The van der Waals surface area contributed by atoms with Gasteiger partial charge in [0.1, 0.15) is 18.1 Å². The Labute approximate surface area is 182 Å². The third-order valence-corrected chi connectivity index (χ3v) is 4.80. The van der Waals surface area contributed by atoms with Crippen molar-refractivity contribution < 1.29 is 29.4 Å². The Morgan fingerprint density at radius 3 is 1.93 bits per heavy atom. The van der Waals surface area contributed by atoms with Gasteiger partial charge in [0, 0.05) is 5.75 Å². The Hall–Kier alpha value is -1.89. The zero-order chi connectivity index (χ0) is 23.4. The van der Waals surface area contributed by atoms with Gasteiger partial charge in [0.25, 0.3) is 0 Å². The number of aliphatic hydroxyl groups is 1. The highest BCUT2D eigenvalue weighted by Gasteiger charge is 2.32. The Morgan fingerprint density at radius 1 is 0.933 bits per heavy atom. The van der Waals surface area contributed by atoms with Gasteiger partial charge in [-0.25, -0.2) is 4.79 Å². The van der Waals surface area contributed by atoms with Crippen LogP contribution in [0.5, 0.6) is 0 Å². The molecule has 3 amide bonds. The third-order valence-electron chi connectivity index (χ3n) is 4.41. The number of aliphatic carboxylic acids is 1. The Bertz CT molecular complexity index is 589. The zero-order valence-corrected chi connectivity index (χ0v) is 18.5. The summed E-state index contributed by atoms with van der Waals surface area (Å²) >= 11 is 3.92. The molecule has 0 aliphatic heterocycles. The maximum absolute atomic E-state index is 12.7. The molecule has 0 heterocycles. The number of rotatable bonds is 14. The van der Waals surface area contributed by atoms with Crippen LogP contribution in [0.4, 0.5) is 0 Å². The molecule has 0 aliphatic rings. The van der Waals surface area contributed by atoms with E-state index < -0.39 is 54.0 Å². The van der Waals surface area contributed by atoms with Gasteiger partial charge in [-0.05, 0) is 38.6 Å². The number of carbonyl (C=O) groups is 4. The first-order valence-corrected chi connectivity index (χ1v) is 10.5. The van der Waals surface area contributed by atoms with E-state index in [2.05, 4.69) is 28.6 Å². The molecule has 12 heteroatoms. The molecule has 0 rings (SSSR count). The second kappa shape index (κ2) is 14.2. The number of carboxylic acids is 1. The molecular formula is C18H35N5O6S. The molecule has 0 fully saturated rings. The summed E-state index contributed by atoms with van der Waals surface area (Å²) in [5.74, 6) is -3.69. The maximum atomic E-state index is 12.7. The molecule has 0 saturated carbocycles. The van der Waals surface area contributed by atoms with E-state index in [1.165, 1.54) is 6.92 Å². The lowest BCUT2D eigenvalue weighted by Gasteiger charge is -2.27. The van der Waals surface area contributed by atoms with Crippen LogP contribution in [0.15, 0.2) is 0 Å². The smallest absolute Gasteiger partial charge is 0.326 e. The molecule has 0 aromatic rings. The fraction of sp³-hybridized carbons (Fsp3) is 0.778. The Balaban J connectivity index is 5.39. The Morgan fingerprint density at radius 2 is 1.50 bits per heavy atom. The molecule has 0 bridgehead atoms. The summed E-state index contributed by atoms with van der Waals surface area (Å²) in [4.78, 5) is 48.7. The number of aliphatic hydroxyl groups excluding tert-OH is 1. The molecule has 5 unspecified atom stereocenters. The number of nitrogens with one attached hydrogen (secondary N) is 3. The van der Waals surface area contributed by atoms with Gasteiger partial charge >= 0.3 is 5.97 Å². The van der Waals surface area contributed by atoms with Crippen molar-refractivity contribution in [1.29, 1.82) is 0 Å². The first-order chi connectivity index (χ1) is 14.0. The summed E-state index contributed by atoms with van der Waals surface area (Å²) in [6.07, 6.45) is 0.0381. The maximum Gasteiger partial charge on any atom is 0.326 e. The summed E-state index contributed by atoms with van der Waals surface area (Å²) in [6.45, 7) is 4.98. The molecule has 30 heavy (non-hydrogen) atoms. The SMILES string of the molecule is CC(C)C(NC(=O)C(CCCCN)NC(=O)C(NC(=O)C(N)CS)C(C)O)C(=O)O. The van der Waals surface area contributed by atoms with Crippen molar-refractivity contribution in [3.63, 3.8) is 0 Å². The van der Waals surface area contributed by atoms with E-state index in [-0.39, 0.29) is 18.1 Å². The molecule has 0 spiro atoms. The molecule has 0 radical (unpaired) electrons. The van der Waals surface area contributed by atoms with Crippen LogP contribution in [0.25, 0.3) is 0 Å². The molecule has 9 N–H and O–H groups in total. The standard InChI is InChI=1S/C18H35N5O6S/c1-9(2)13(18(28)29)22-16(26)12(6-4-5-7-19)21-17(27)14(10(3)24)23-15(25)11(20)8-30/h9-14,24,30H,4-8,19-20H2,1-3H3,(H,21,27)(H,22,26)(H,23,25)(H,28,29). The topological polar surface area (TPSA) is 197 Å². The minimum Gasteiger partial charge on any atom is -0.480 e. The first kappa shape index (κ1) is 28.1. The van der Waals surface area contributed by atoms with Crippen LogP contribution in [0.1, 0.15) is 40.0 Å². The number of hydrogen-bond acceptors (Lipinski definition) is 8.